The summed E-state index contributed by atoms with van der Waals surface area (Å²) in [7, 11) is -3.62. The fourth-order valence-corrected chi connectivity index (χ4v) is 5.62. The van der Waals surface area contributed by atoms with Gasteiger partial charge in [0.15, 0.2) is 5.03 Å². The largest absolute Gasteiger partial charge is 0.334 e. The van der Waals surface area contributed by atoms with E-state index in [0.29, 0.717) is 22.9 Å². The molecule has 0 aliphatic carbocycles. The Morgan fingerprint density at radius 2 is 1.95 bits per heavy atom. The van der Waals surface area contributed by atoms with Crippen LogP contribution >= 0.6 is 31.9 Å². The third-order valence-corrected chi connectivity index (χ3v) is 6.83. The van der Waals surface area contributed by atoms with Gasteiger partial charge in [0.05, 0.1) is 5.54 Å². The maximum atomic E-state index is 12.5. The van der Waals surface area contributed by atoms with Crippen LogP contribution in [0.25, 0.3) is 0 Å². The zero-order valence-corrected chi connectivity index (χ0v) is 16.0. The summed E-state index contributed by atoms with van der Waals surface area (Å²) in [5.41, 5.74) is -0.540. The third-order valence-electron chi connectivity index (χ3n) is 3.23. The highest BCUT2D eigenvalue weighted by atomic mass is 79.9. The highest BCUT2D eigenvalue weighted by Gasteiger charge is 2.33. The van der Waals surface area contributed by atoms with Gasteiger partial charge in [0.2, 0.25) is 0 Å². The van der Waals surface area contributed by atoms with Crippen molar-refractivity contribution in [2.45, 2.75) is 50.7 Å². The van der Waals surface area contributed by atoms with Gasteiger partial charge >= 0.3 is 0 Å². The lowest BCUT2D eigenvalue weighted by Gasteiger charge is -2.28. The molecule has 0 unspecified atom stereocenters. The molecule has 0 amide bonds. The molecule has 0 radical (unpaired) electrons. The number of alkyl halides is 2. The van der Waals surface area contributed by atoms with Crippen LogP contribution in [0.3, 0.4) is 0 Å². The number of nitrogens with one attached hydrogen (secondary N) is 1. The molecule has 0 aliphatic rings. The van der Waals surface area contributed by atoms with Crippen LogP contribution in [0, 0.1) is 6.92 Å². The molecule has 0 saturated carbocycles. The van der Waals surface area contributed by atoms with E-state index in [2.05, 4.69) is 41.6 Å². The molecule has 1 heterocycles. The number of nitrogens with zero attached hydrogens (tertiary/aromatic N) is 2. The monoisotopic (exact) mass is 429 g/mol. The molecule has 1 aromatic heterocycles. The van der Waals surface area contributed by atoms with Gasteiger partial charge in [0.1, 0.15) is 5.82 Å². The summed E-state index contributed by atoms with van der Waals surface area (Å²) in [5.74, 6) is 0.715. The van der Waals surface area contributed by atoms with Crippen LogP contribution in [-0.2, 0) is 16.6 Å². The average molecular weight is 431 g/mol. The Hall–Kier alpha value is 0.0800. The summed E-state index contributed by atoms with van der Waals surface area (Å²) in [4.78, 5) is 4.17. The molecule has 0 aliphatic heterocycles. The number of rotatable bonds is 8. The maximum Gasteiger partial charge on any atom is 0.260 e. The van der Waals surface area contributed by atoms with E-state index >= 15 is 0 Å². The topological polar surface area (TPSA) is 64.0 Å². The number of hydrogen-bond donors (Lipinski definition) is 1. The minimum atomic E-state index is -3.62. The van der Waals surface area contributed by atoms with Crippen molar-refractivity contribution in [3.05, 3.63) is 12.0 Å². The minimum absolute atomic E-state index is 0.0863. The van der Waals surface area contributed by atoms with Crippen molar-refractivity contribution < 1.29 is 8.42 Å². The zero-order chi connectivity index (χ0) is 15.4. The molecular formula is C12H21Br2N3O2S. The van der Waals surface area contributed by atoms with Crippen molar-refractivity contribution in [2.24, 2.45) is 0 Å². The van der Waals surface area contributed by atoms with Gasteiger partial charge < -0.3 is 4.57 Å². The second-order valence-electron chi connectivity index (χ2n) is 4.83. The van der Waals surface area contributed by atoms with E-state index < -0.39 is 15.6 Å². The molecule has 5 nitrogen and oxygen atoms in total. The van der Waals surface area contributed by atoms with Crippen molar-refractivity contribution in [1.82, 2.24) is 14.3 Å². The first-order chi connectivity index (χ1) is 9.34. The summed E-state index contributed by atoms with van der Waals surface area (Å²) in [6, 6.07) is 0. The fraction of sp³-hybridized carbons (Fsp3) is 0.750. The summed E-state index contributed by atoms with van der Waals surface area (Å²) >= 11 is 6.76. The lowest BCUT2D eigenvalue weighted by atomic mass is 10.0. The molecule has 8 heteroatoms. The SMILES string of the molecule is CCCn1cc(S(=O)(=O)NC(CC)(CBr)CBr)nc1C. The van der Waals surface area contributed by atoms with Crippen molar-refractivity contribution in [2.75, 3.05) is 10.7 Å². The average Bonchev–Trinajstić information content (AvgIpc) is 2.79. The van der Waals surface area contributed by atoms with Crippen LogP contribution in [0.1, 0.15) is 32.5 Å². The molecule has 0 bridgehead atoms. The van der Waals surface area contributed by atoms with Crippen LogP contribution < -0.4 is 4.72 Å². The second-order valence-corrected chi connectivity index (χ2v) is 7.58. The predicted octanol–water partition coefficient (Wildman–Crippen LogP) is 2.82. The number of aromatic nitrogens is 2. The molecule has 0 fully saturated rings. The van der Waals surface area contributed by atoms with Gasteiger partial charge in [0.25, 0.3) is 10.0 Å². The van der Waals surface area contributed by atoms with Gasteiger partial charge in [-0.1, -0.05) is 45.7 Å². The molecule has 20 heavy (non-hydrogen) atoms. The Balaban J connectivity index is 3.07. The first-order valence-corrected chi connectivity index (χ1v) is 10.3. The van der Waals surface area contributed by atoms with E-state index in [1.54, 1.807) is 6.20 Å². The lowest BCUT2D eigenvalue weighted by molar-refractivity contribution is 0.458. The van der Waals surface area contributed by atoms with Crippen molar-refractivity contribution in [3.63, 3.8) is 0 Å². The maximum absolute atomic E-state index is 12.5. The molecule has 0 saturated heterocycles. The number of aryl methyl sites for hydroxylation is 2. The van der Waals surface area contributed by atoms with Gasteiger partial charge in [-0.25, -0.2) is 18.1 Å². The van der Waals surface area contributed by atoms with Crippen molar-refractivity contribution >= 4 is 41.9 Å². The van der Waals surface area contributed by atoms with E-state index in [1.807, 2.05) is 25.3 Å². The standard InChI is InChI=1S/C12H21Br2N3O2S/c1-4-6-17-7-11(15-10(17)3)20(18,19)16-12(5-2,8-13)9-14/h7,16H,4-6,8-9H2,1-3H3. The molecule has 0 spiro atoms. The Labute approximate surface area is 137 Å². The number of sulfonamides is 1. The van der Waals surface area contributed by atoms with Crippen LogP contribution in [0.15, 0.2) is 11.2 Å². The van der Waals surface area contributed by atoms with Gasteiger partial charge in [-0.2, -0.15) is 0 Å². The molecule has 1 aromatic rings. The Bertz CT molecular complexity index is 531. The number of halogens is 2. The Morgan fingerprint density at radius 1 is 1.35 bits per heavy atom. The lowest BCUT2D eigenvalue weighted by Crippen LogP contribution is -2.51. The number of hydrogen-bond acceptors (Lipinski definition) is 3. The zero-order valence-electron chi connectivity index (χ0n) is 12.0. The highest BCUT2D eigenvalue weighted by molar-refractivity contribution is 9.09. The van der Waals surface area contributed by atoms with Crippen LogP contribution in [0.4, 0.5) is 0 Å². The first kappa shape index (κ1) is 18.1. The van der Waals surface area contributed by atoms with E-state index in [0.717, 1.165) is 13.0 Å². The molecule has 1 N–H and O–H groups in total. The highest BCUT2D eigenvalue weighted by Crippen LogP contribution is 2.21. The summed E-state index contributed by atoms with van der Waals surface area (Å²) < 4.78 is 29.6. The van der Waals surface area contributed by atoms with Crippen molar-refractivity contribution in [3.8, 4) is 0 Å². The Morgan fingerprint density at radius 3 is 2.40 bits per heavy atom. The van der Waals surface area contributed by atoms with Crippen LogP contribution in [0.2, 0.25) is 0 Å². The summed E-state index contributed by atoms with van der Waals surface area (Å²) in [5, 5.41) is 1.16. The predicted molar refractivity (Wildman–Crippen MR) is 88.2 cm³/mol. The summed E-state index contributed by atoms with van der Waals surface area (Å²) in [6.45, 7) is 6.58. The quantitative estimate of drug-likeness (QED) is 0.645. The van der Waals surface area contributed by atoms with E-state index in [-0.39, 0.29) is 5.03 Å². The first-order valence-electron chi connectivity index (χ1n) is 6.53. The van der Waals surface area contributed by atoms with E-state index in [9.17, 15) is 8.42 Å². The van der Waals surface area contributed by atoms with Gasteiger partial charge in [-0.05, 0) is 19.8 Å². The van der Waals surface area contributed by atoms with Crippen molar-refractivity contribution in [1.29, 1.82) is 0 Å². The smallest absolute Gasteiger partial charge is 0.260 e. The third kappa shape index (κ3) is 4.05. The fourth-order valence-electron chi connectivity index (χ4n) is 1.76. The van der Waals surface area contributed by atoms with Gasteiger partial charge in [0, 0.05) is 23.4 Å². The number of imidazole rings is 1. The normalized spacial score (nSPS) is 12.8. The molecule has 0 atom stereocenters. The molecule has 116 valence electrons. The van der Waals surface area contributed by atoms with E-state index in [1.165, 1.54) is 0 Å². The van der Waals surface area contributed by atoms with Crippen LogP contribution in [0.5, 0.6) is 0 Å². The van der Waals surface area contributed by atoms with Gasteiger partial charge in [-0.15, -0.1) is 0 Å². The summed E-state index contributed by atoms with van der Waals surface area (Å²) in [6.07, 6.45) is 3.22. The van der Waals surface area contributed by atoms with Gasteiger partial charge in [-0.3, -0.25) is 0 Å². The van der Waals surface area contributed by atoms with E-state index in [4.69, 9.17) is 0 Å². The molecule has 1 rings (SSSR count). The second kappa shape index (κ2) is 7.38. The van der Waals surface area contributed by atoms with Crippen LogP contribution in [-0.4, -0.2) is 34.2 Å². The molecular weight excluding hydrogens is 410 g/mol. The molecule has 0 aromatic carbocycles. The Kier molecular flexibility index (Phi) is 6.69. The minimum Gasteiger partial charge on any atom is -0.334 e.